The van der Waals surface area contributed by atoms with Crippen LogP contribution in [-0.4, -0.2) is 51.7 Å². The lowest BCUT2D eigenvalue weighted by atomic mass is 10.1. The van der Waals surface area contributed by atoms with E-state index in [0.717, 1.165) is 23.7 Å². The number of ether oxygens (including phenoxy) is 1. The molecule has 0 saturated carbocycles. The summed E-state index contributed by atoms with van der Waals surface area (Å²) >= 11 is 4.63. The Hall–Kier alpha value is -3.21. The first-order valence-corrected chi connectivity index (χ1v) is 10.7. The Balaban J connectivity index is 1.31. The molecule has 1 atom stereocenters. The van der Waals surface area contributed by atoms with Gasteiger partial charge in [-0.05, 0) is 29.8 Å². The third-order valence-electron chi connectivity index (χ3n) is 5.44. The molecule has 33 heavy (non-hydrogen) atoms. The van der Waals surface area contributed by atoms with Crippen LogP contribution in [0.1, 0.15) is 22.2 Å². The highest BCUT2D eigenvalue weighted by Crippen LogP contribution is 2.30. The zero-order valence-electron chi connectivity index (χ0n) is 17.7. The Kier molecular flexibility index (Phi) is 6.50. The fourth-order valence-electron chi connectivity index (χ4n) is 3.53. The predicted octanol–water partition coefficient (Wildman–Crippen LogP) is 4.17. The van der Waals surface area contributed by atoms with E-state index in [-0.39, 0.29) is 5.25 Å². The number of carbonyl (C=O) groups excluding carboxylic acids is 1. The number of thiol groups is 1. The number of halogens is 3. The van der Waals surface area contributed by atoms with Gasteiger partial charge in [-0.1, -0.05) is 12.1 Å². The molecule has 1 amide bonds. The van der Waals surface area contributed by atoms with Crippen LogP contribution in [0.5, 0.6) is 5.75 Å². The molecule has 7 nitrogen and oxygen atoms in total. The van der Waals surface area contributed by atoms with Crippen LogP contribution in [0.25, 0.3) is 0 Å². The minimum Gasteiger partial charge on any atom is -0.410 e. The maximum atomic E-state index is 12.7. The van der Waals surface area contributed by atoms with Gasteiger partial charge in [0.15, 0.2) is 0 Å². The van der Waals surface area contributed by atoms with Gasteiger partial charge >= 0.3 is 12.3 Å². The van der Waals surface area contributed by atoms with E-state index in [4.69, 9.17) is 4.74 Å². The second-order valence-electron chi connectivity index (χ2n) is 7.61. The van der Waals surface area contributed by atoms with Gasteiger partial charge in [-0.3, -0.25) is 0 Å². The summed E-state index contributed by atoms with van der Waals surface area (Å²) in [5.74, 6) is 1.67. The van der Waals surface area contributed by atoms with Gasteiger partial charge in [-0.15, -0.1) is 0 Å². The van der Waals surface area contributed by atoms with Gasteiger partial charge in [0.05, 0.1) is 10.8 Å². The first-order valence-electron chi connectivity index (χ1n) is 10.2. The first kappa shape index (κ1) is 23.0. The number of alkyl halides is 3. The Morgan fingerprint density at radius 2 is 1.76 bits per heavy atom. The number of pyridine rings is 1. The smallest absolute Gasteiger partial charge is 0.410 e. The molecule has 2 aromatic heterocycles. The van der Waals surface area contributed by atoms with Crippen molar-refractivity contribution in [1.82, 2.24) is 19.4 Å². The maximum Gasteiger partial charge on any atom is 0.417 e. The fourth-order valence-corrected chi connectivity index (χ4v) is 3.95. The second-order valence-corrected chi connectivity index (χ2v) is 8.13. The molecule has 11 heteroatoms. The lowest BCUT2D eigenvalue weighted by Crippen LogP contribution is -2.49. The summed E-state index contributed by atoms with van der Waals surface area (Å²) in [6.45, 7) is 1.63. The third kappa shape index (κ3) is 5.24. The molecule has 1 saturated heterocycles. The molecule has 0 bridgehead atoms. The average molecular weight is 478 g/mol. The molecule has 4 rings (SSSR count). The molecule has 1 unspecified atom stereocenters. The van der Waals surface area contributed by atoms with Crippen molar-refractivity contribution in [2.75, 3.05) is 31.1 Å². The van der Waals surface area contributed by atoms with E-state index in [1.807, 2.05) is 34.8 Å². The van der Waals surface area contributed by atoms with Crippen LogP contribution in [-0.2, 0) is 13.2 Å². The van der Waals surface area contributed by atoms with Crippen molar-refractivity contribution in [3.63, 3.8) is 0 Å². The van der Waals surface area contributed by atoms with Crippen molar-refractivity contribution in [1.29, 1.82) is 0 Å². The Morgan fingerprint density at radius 1 is 1.06 bits per heavy atom. The maximum absolute atomic E-state index is 12.7. The van der Waals surface area contributed by atoms with Gasteiger partial charge < -0.3 is 19.1 Å². The third-order valence-corrected chi connectivity index (χ3v) is 5.97. The summed E-state index contributed by atoms with van der Waals surface area (Å²) in [7, 11) is 1.90. The summed E-state index contributed by atoms with van der Waals surface area (Å²) < 4.78 is 45.5. The van der Waals surface area contributed by atoms with E-state index in [9.17, 15) is 18.0 Å². The molecular weight excluding hydrogens is 455 g/mol. The Labute approximate surface area is 194 Å². The quantitative estimate of drug-likeness (QED) is 0.572. The number of piperazine rings is 1. The van der Waals surface area contributed by atoms with Crippen LogP contribution >= 0.6 is 12.6 Å². The number of nitrogens with zero attached hydrogens (tertiary/aromatic N) is 5. The number of rotatable bonds is 4. The molecular formula is C22H22F3N5O2S. The topological polar surface area (TPSA) is 63.5 Å². The van der Waals surface area contributed by atoms with E-state index in [0.29, 0.717) is 37.7 Å². The normalized spacial score (nSPS) is 15.4. The first-order chi connectivity index (χ1) is 15.7. The van der Waals surface area contributed by atoms with Gasteiger partial charge in [-0.25, -0.2) is 14.8 Å². The molecule has 1 aliphatic rings. The Morgan fingerprint density at radius 3 is 2.30 bits per heavy atom. The Bertz CT molecular complexity index is 1090. The molecule has 0 spiro atoms. The van der Waals surface area contributed by atoms with Crippen LogP contribution in [0.15, 0.2) is 55.0 Å². The van der Waals surface area contributed by atoms with E-state index >= 15 is 0 Å². The molecule has 3 heterocycles. The van der Waals surface area contributed by atoms with Gasteiger partial charge in [0.1, 0.15) is 17.4 Å². The predicted molar refractivity (Wildman–Crippen MR) is 120 cm³/mol. The van der Waals surface area contributed by atoms with Crippen molar-refractivity contribution < 1.29 is 22.7 Å². The molecule has 1 aromatic carbocycles. The van der Waals surface area contributed by atoms with E-state index in [1.165, 1.54) is 6.07 Å². The van der Waals surface area contributed by atoms with Crippen LogP contribution in [0, 0.1) is 0 Å². The van der Waals surface area contributed by atoms with E-state index in [2.05, 4.69) is 22.6 Å². The number of anilines is 1. The van der Waals surface area contributed by atoms with E-state index in [1.54, 1.807) is 23.2 Å². The number of hydrogen-bond donors (Lipinski definition) is 1. The van der Waals surface area contributed by atoms with Gasteiger partial charge in [0.2, 0.25) is 0 Å². The zero-order valence-corrected chi connectivity index (χ0v) is 18.6. The lowest BCUT2D eigenvalue weighted by Gasteiger charge is -2.34. The van der Waals surface area contributed by atoms with Crippen molar-refractivity contribution in [3.05, 3.63) is 71.9 Å². The van der Waals surface area contributed by atoms with Crippen molar-refractivity contribution >= 4 is 24.5 Å². The SMILES string of the molecule is Cn1ccnc1C(S)c1ccc(OC(=O)N2CCN(c3ccc(C(F)(F)F)cn3)CC2)cc1. The van der Waals surface area contributed by atoms with Crippen LogP contribution in [0.4, 0.5) is 23.8 Å². The summed E-state index contributed by atoms with van der Waals surface area (Å²) in [5, 5.41) is -0.207. The van der Waals surface area contributed by atoms with E-state index < -0.39 is 17.8 Å². The average Bonchev–Trinajstić information content (AvgIpc) is 3.24. The monoisotopic (exact) mass is 477 g/mol. The van der Waals surface area contributed by atoms with Gasteiger partial charge in [0.25, 0.3) is 0 Å². The minimum atomic E-state index is -4.42. The standard InChI is InChI=1S/C22H22F3N5O2S/c1-28-9-8-26-20(28)19(33)15-2-5-17(6-3-15)32-21(31)30-12-10-29(11-13-30)18-7-4-16(14-27-18)22(23,24)25/h2-9,14,19,33H,10-13H2,1H3. The molecule has 0 aliphatic carbocycles. The van der Waals surface area contributed by atoms with Crippen LogP contribution in [0.3, 0.4) is 0 Å². The largest absolute Gasteiger partial charge is 0.417 e. The second kappa shape index (κ2) is 9.34. The molecule has 0 radical (unpaired) electrons. The molecule has 3 aromatic rings. The highest BCUT2D eigenvalue weighted by molar-refractivity contribution is 7.80. The summed E-state index contributed by atoms with van der Waals surface area (Å²) in [6, 6.07) is 9.45. The van der Waals surface area contributed by atoms with Crippen molar-refractivity contribution in [2.45, 2.75) is 11.4 Å². The summed E-state index contributed by atoms with van der Waals surface area (Å²) in [5.41, 5.74) is 0.133. The molecule has 174 valence electrons. The van der Waals surface area contributed by atoms with Crippen molar-refractivity contribution in [3.8, 4) is 5.75 Å². The molecule has 0 N–H and O–H groups in total. The number of benzene rings is 1. The summed E-state index contributed by atoms with van der Waals surface area (Å²) in [6.07, 6.45) is -0.514. The fraction of sp³-hybridized carbons (Fsp3) is 0.318. The highest BCUT2D eigenvalue weighted by Gasteiger charge is 2.31. The van der Waals surface area contributed by atoms with Gasteiger partial charge in [-0.2, -0.15) is 25.8 Å². The van der Waals surface area contributed by atoms with Crippen LogP contribution < -0.4 is 9.64 Å². The number of hydrogen-bond acceptors (Lipinski definition) is 6. The number of carbonyl (C=O) groups is 1. The summed E-state index contributed by atoms with van der Waals surface area (Å²) in [4.78, 5) is 24.1. The number of imidazole rings is 1. The number of aryl methyl sites for hydroxylation is 1. The molecule has 1 aliphatic heterocycles. The van der Waals surface area contributed by atoms with Gasteiger partial charge in [0, 0.05) is 51.8 Å². The van der Waals surface area contributed by atoms with Crippen molar-refractivity contribution in [2.24, 2.45) is 7.05 Å². The number of amides is 1. The van der Waals surface area contributed by atoms with Crippen LogP contribution in [0.2, 0.25) is 0 Å². The molecule has 1 fully saturated rings. The number of aromatic nitrogens is 3. The zero-order chi connectivity index (χ0) is 23.6. The minimum absolute atomic E-state index is 0.207. The lowest BCUT2D eigenvalue weighted by molar-refractivity contribution is -0.137. The highest BCUT2D eigenvalue weighted by atomic mass is 32.1.